The van der Waals surface area contributed by atoms with Gasteiger partial charge in [0.25, 0.3) is 0 Å². The highest BCUT2D eigenvalue weighted by molar-refractivity contribution is 7.91. The summed E-state index contributed by atoms with van der Waals surface area (Å²) < 4.78 is 23.5. The number of nitrogens with zero attached hydrogens (tertiary/aromatic N) is 1. The first-order valence-electron chi connectivity index (χ1n) is 7.59. The highest BCUT2D eigenvalue weighted by Crippen LogP contribution is 2.20. The van der Waals surface area contributed by atoms with Crippen molar-refractivity contribution >= 4 is 32.9 Å². The third kappa shape index (κ3) is 5.93. The maximum absolute atomic E-state index is 11.8. The van der Waals surface area contributed by atoms with Crippen molar-refractivity contribution in [3.8, 4) is 11.3 Å². The molecular weight excluding hydrogens is 346 g/mol. The van der Waals surface area contributed by atoms with E-state index in [1.165, 1.54) is 11.3 Å². The van der Waals surface area contributed by atoms with Crippen molar-refractivity contribution in [1.29, 1.82) is 0 Å². The molecule has 8 heteroatoms. The van der Waals surface area contributed by atoms with E-state index in [2.05, 4.69) is 15.6 Å². The van der Waals surface area contributed by atoms with Gasteiger partial charge < -0.3 is 10.6 Å². The predicted octanol–water partition coefficient (Wildman–Crippen LogP) is 3.00. The molecule has 1 aromatic heterocycles. The Balaban J connectivity index is 1.80. The summed E-state index contributed by atoms with van der Waals surface area (Å²) in [6.07, 6.45) is 0. The Labute approximate surface area is 146 Å². The lowest BCUT2D eigenvalue weighted by Crippen LogP contribution is -2.33. The summed E-state index contributed by atoms with van der Waals surface area (Å²) in [5.74, 6) is 0.162. The number of carbonyl (C=O) groups excluding carboxylic acids is 1. The predicted molar refractivity (Wildman–Crippen MR) is 98.1 cm³/mol. The molecule has 1 heterocycles. The lowest BCUT2D eigenvalue weighted by molar-refractivity contribution is 0.252. The highest BCUT2D eigenvalue weighted by Gasteiger charge is 2.13. The topological polar surface area (TPSA) is 88.2 Å². The summed E-state index contributed by atoms with van der Waals surface area (Å²) >= 11 is 1.52. The Morgan fingerprint density at radius 3 is 2.54 bits per heavy atom. The number of rotatable bonds is 7. The van der Waals surface area contributed by atoms with E-state index < -0.39 is 15.9 Å². The van der Waals surface area contributed by atoms with Crippen molar-refractivity contribution in [2.75, 3.05) is 23.4 Å². The van der Waals surface area contributed by atoms with Crippen LogP contribution in [0.3, 0.4) is 0 Å². The SMILES string of the molecule is CC(C)CS(=O)(=O)CCNC(=O)Nc1ccc(-c2cscn2)cc1. The van der Waals surface area contributed by atoms with E-state index in [1.54, 1.807) is 17.6 Å². The fraction of sp³-hybridized carbons (Fsp3) is 0.375. The Morgan fingerprint density at radius 2 is 1.96 bits per heavy atom. The number of thiazole rings is 1. The number of hydrogen-bond donors (Lipinski definition) is 2. The Hall–Kier alpha value is -1.93. The van der Waals surface area contributed by atoms with Gasteiger partial charge in [-0.25, -0.2) is 18.2 Å². The molecule has 0 aliphatic rings. The van der Waals surface area contributed by atoms with Gasteiger partial charge in [-0.15, -0.1) is 11.3 Å². The molecule has 0 spiro atoms. The molecule has 0 saturated heterocycles. The summed E-state index contributed by atoms with van der Waals surface area (Å²) in [5, 5.41) is 7.19. The molecule has 0 radical (unpaired) electrons. The Morgan fingerprint density at radius 1 is 1.25 bits per heavy atom. The standard InChI is InChI=1S/C16H21N3O3S2/c1-12(2)10-24(21,22)8-7-17-16(20)19-14-5-3-13(4-6-14)15-9-23-11-18-15/h3-6,9,11-12H,7-8,10H2,1-2H3,(H2,17,19,20). The third-order valence-corrected chi connectivity index (χ3v) is 5.74. The monoisotopic (exact) mass is 367 g/mol. The average Bonchev–Trinajstić information content (AvgIpc) is 3.00. The van der Waals surface area contributed by atoms with Crippen molar-refractivity contribution in [2.24, 2.45) is 5.92 Å². The van der Waals surface area contributed by atoms with Crippen LogP contribution in [0.1, 0.15) is 13.8 Å². The van der Waals surface area contributed by atoms with Gasteiger partial charge in [0, 0.05) is 23.2 Å². The van der Waals surface area contributed by atoms with Gasteiger partial charge >= 0.3 is 6.03 Å². The summed E-state index contributed by atoms with van der Waals surface area (Å²) in [6, 6.07) is 6.89. The third-order valence-electron chi connectivity index (χ3n) is 3.16. The number of hydrogen-bond acceptors (Lipinski definition) is 5. The molecule has 2 aromatic rings. The number of urea groups is 1. The molecule has 1 aromatic carbocycles. The normalized spacial score (nSPS) is 11.5. The van der Waals surface area contributed by atoms with Crippen LogP contribution in [0.2, 0.25) is 0 Å². The van der Waals surface area contributed by atoms with Gasteiger partial charge in [-0.3, -0.25) is 0 Å². The van der Waals surface area contributed by atoms with Crippen LogP contribution >= 0.6 is 11.3 Å². The zero-order valence-corrected chi connectivity index (χ0v) is 15.3. The molecule has 2 amide bonds. The van der Waals surface area contributed by atoms with Crippen LogP contribution in [0, 0.1) is 5.92 Å². The van der Waals surface area contributed by atoms with Gasteiger partial charge in [-0.05, 0) is 18.1 Å². The number of carbonyl (C=O) groups is 1. The van der Waals surface area contributed by atoms with E-state index >= 15 is 0 Å². The van der Waals surface area contributed by atoms with E-state index in [0.717, 1.165) is 11.3 Å². The molecule has 0 atom stereocenters. The average molecular weight is 367 g/mol. The minimum absolute atomic E-state index is 0.0542. The van der Waals surface area contributed by atoms with Crippen LogP contribution in [-0.4, -0.2) is 37.5 Å². The zero-order chi connectivity index (χ0) is 17.6. The smallest absolute Gasteiger partial charge is 0.319 e. The molecule has 130 valence electrons. The van der Waals surface area contributed by atoms with Crippen LogP contribution in [-0.2, 0) is 9.84 Å². The van der Waals surface area contributed by atoms with Crippen LogP contribution < -0.4 is 10.6 Å². The Kier molecular flexibility index (Phi) is 6.33. The maximum atomic E-state index is 11.8. The molecule has 0 aliphatic heterocycles. The van der Waals surface area contributed by atoms with Gasteiger partial charge in [0.15, 0.2) is 9.84 Å². The van der Waals surface area contributed by atoms with Crippen LogP contribution in [0.15, 0.2) is 35.2 Å². The maximum Gasteiger partial charge on any atom is 0.319 e. The second kappa shape index (κ2) is 8.25. The fourth-order valence-electron chi connectivity index (χ4n) is 2.17. The first-order valence-corrected chi connectivity index (χ1v) is 10.4. The van der Waals surface area contributed by atoms with Crippen molar-refractivity contribution in [1.82, 2.24) is 10.3 Å². The molecule has 2 N–H and O–H groups in total. The van der Waals surface area contributed by atoms with Gasteiger partial charge in [0.05, 0.1) is 22.7 Å². The lowest BCUT2D eigenvalue weighted by Gasteiger charge is -2.09. The molecule has 6 nitrogen and oxygen atoms in total. The molecule has 0 bridgehead atoms. The number of aromatic nitrogens is 1. The van der Waals surface area contributed by atoms with Crippen LogP contribution in [0.4, 0.5) is 10.5 Å². The lowest BCUT2D eigenvalue weighted by atomic mass is 10.1. The van der Waals surface area contributed by atoms with E-state index in [1.807, 2.05) is 31.4 Å². The molecule has 24 heavy (non-hydrogen) atoms. The van der Waals surface area contributed by atoms with Gasteiger partial charge in [0.1, 0.15) is 0 Å². The molecule has 0 saturated carbocycles. The molecule has 0 fully saturated rings. The van der Waals surface area contributed by atoms with Crippen molar-refractivity contribution in [3.63, 3.8) is 0 Å². The number of benzene rings is 1. The van der Waals surface area contributed by atoms with Gasteiger partial charge in [0.2, 0.25) is 0 Å². The summed E-state index contributed by atoms with van der Waals surface area (Å²) in [7, 11) is -3.13. The number of sulfone groups is 1. The molecule has 0 aliphatic carbocycles. The molecule has 0 unspecified atom stereocenters. The van der Waals surface area contributed by atoms with E-state index in [-0.39, 0.29) is 24.0 Å². The van der Waals surface area contributed by atoms with Crippen molar-refractivity contribution in [2.45, 2.75) is 13.8 Å². The van der Waals surface area contributed by atoms with E-state index in [4.69, 9.17) is 0 Å². The minimum atomic E-state index is -3.13. The van der Waals surface area contributed by atoms with E-state index in [0.29, 0.717) is 5.69 Å². The first kappa shape index (κ1) is 18.4. The molecular formula is C16H21N3O3S2. The van der Waals surface area contributed by atoms with Crippen LogP contribution in [0.25, 0.3) is 11.3 Å². The largest absolute Gasteiger partial charge is 0.337 e. The fourth-order valence-corrected chi connectivity index (χ4v) is 4.32. The highest BCUT2D eigenvalue weighted by atomic mass is 32.2. The minimum Gasteiger partial charge on any atom is -0.337 e. The number of anilines is 1. The number of amides is 2. The second-order valence-electron chi connectivity index (χ2n) is 5.84. The second-order valence-corrected chi connectivity index (χ2v) is 8.79. The summed E-state index contributed by atoms with van der Waals surface area (Å²) in [5.41, 5.74) is 4.27. The number of nitrogens with one attached hydrogen (secondary N) is 2. The first-order chi connectivity index (χ1) is 11.4. The van der Waals surface area contributed by atoms with Crippen molar-refractivity contribution < 1.29 is 13.2 Å². The Bertz CT molecular complexity index is 754. The summed E-state index contributed by atoms with van der Waals surface area (Å²) in [4.78, 5) is 16.0. The molecule has 2 rings (SSSR count). The van der Waals surface area contributed by atoms with E-state index in [9.17, 15) is 13.2 Å². The van der Waals surface area contributed by atoms with Crippen LogP contribution in [0.5, 0.6) is 0 Å². The van der Waals surface area contributed by atoms with Gasteiger partial charge in [-0.2, -0.15) is 0 Å². The summed E-state index contributed by atoms with van der Waals surface area (Å²) in [6.45, 7) is 3.80. The van der Waals surface area contributed by atoms with Crippen molar-refractivity contribution in [3.05, 3.63) is 35.2 Å². The zero-order valence-electron chi connectivity index (χ0n) is 13.7. The quantitative estimate of drug-likeness (QED) is 0.787. The van der Waals surface area contributed by atoms with Gasteiger partial charge in [-0.1, -0.05) is 26.0 Å².